The maximum Gasteiger partial charge on any atom is 0.220 e. The molecule has 1 atom stereocenters. The third kappa shape index (κ3) is 5.02. The van der Waals surface area contributed by atoms with Crippen LogP contribution in [0.25, 0.3) is 0 Å². The van der Waals surface area contributed by atoms with E-state index >= 15 is 0 Å². The van der Waals surface area contributed by atoms with Gasteiger partial charge in [-0.15, -0.1) is 0 Å². The van der Waals surface area contributed by atoms with Crippen molar-refractivity contribution >= 4 is 29.1 Å². The number of hydrogen-bond acceptors (Lipinski definition) is 4. The molecule has 0 unspecified atom stereocenters. The molecule has 0 bridgehead atoms. The van der Waals surface area contributed by atoms with Crippen molar-refractivity contribution in [1.29, 1.82) is 0 Å². The van der Waals surface area contributed by atoms with Crippen LogP contribution in [-0.2, 0) is 4.79 Å². The van der Waals surface area contributed by atoms with Crippen molar-refractivity contribution in [2.75, 3.05) is 26.2 Å². The molecule has 7 heteroatoms. The van der Waals surface area contributed by atoms with E-state index < -0.39 is 6.10 Å². The SMILES string of the molecule is NC(=O)C1CCN(C[C@H](O)COc2cc(Cl)ccc2Cl)CC1. The highest BCUT2D eigenvalue weighted by atomic mass is 35.5. The fourth-order valence-electron chi connectivity index (χ4n) is 2.52. The van der Waals surface area contributed by atoms with Crippen LogP contribution < -0.4 is 10.5 Å². The Morgan fingerprint density at radius 2 is 2.09 bits per heavy atom. The zero-order valence-corrected chi connectivity index (χ0v) is 13.7. The Bertz CT molecular complexity index is 520. The van der Waals surface area contributed by atoms with Crippen molar-refractivity contribution in [3.8, 4) is 5.75 Å². The van der Waals surface area contributed by atoms with Gasteiger partial charge in [-0.2, -0.15) is 0 Å². The Labute approximate surface area is 139 Å². The molecule has 0 saturated carbocycles. The highest BCUT2D eigenvalue weighted by Crippen LogP contribution is 2.27. The van der Waals surface area contributed by atoms with Crippen LogP contribution in [0.5, 0.6) is 5.75 Å². The molecule has 22 heavy (non-hydrogen) atoms. The first-order valence-electron chi connectivity index (χ1n) is 7.23. The smallest absolute Gasteiger partial charge is 0.220 e. The molecule has 1 fully saturated rings. The molecule has 0 aromatic heterocycles. The van der Waals surface area contributed by atoms with Gasteiger partial charge in [0.05, 0.1) is 5.02 Å². The first kappa shape index (κ1) is 17.3. The monoisotopic (exact) mass is 346 g/mol. The zero-order valence-electron chi connectivity index (χ0n) is 12.2. The van der Waals surface area contributed by atoms with E-state index in [1.807, 2.05) is 0 Å². The van der Waals surface area contributed by atoms with Crippen LogP contribution in [0.2, 0.25) is 10.0 Å². The van der Waals surface area contributed by atoms with Gasteiger partial charge in [0.1, 0.15) is 18.5 Å². The molecule has 122 valence electrons. The third-order valence-corrected chi connectivity index (χ3v) is 4.33. The van der Waals surface area contributed by atoms with Gasteiger partial charge in [0.15, 0.2) is 0 Å². The third-order valence-electron chi connectivity index (χ3n) is 3.78. The summed E-state index contributed by atoms with van der Waals surface area (Å²) in [5.74, 6) is 0.176. The number of primary amides is 1. The topological polar surface area (TPSA) is 75.8 Å². The van der Waals surface area contributed by atoms with Crippen LogP contribution in [0.15, 0.2) is 18.2 Å². The molecular formula is C15H20Cl2N2O3. The summed E-state index contributed by atoms with van der Waals surface area (Å²) in [4.78, 5) is 13.2. The lowest BCUT2D eigenvalue weighted by Gasteiger charge is -2.31. The highest BCUT2D eigenvalue weighted by molar-refractivity contribution is 6.34. The number of aliphatic hydroxyl groups excluding tert-OH is 1. The molecule has 1 aliphatic heterocycles. The van der Waals surface area contributed by atoms with Gasteiger partial charge in [-0.1, -0.05) is 23.2 Å². The van der Waals surface area contributed by atoms with Crippen molar-refractivity contribution in [3.63, 3.8) is 0 Å². The van der Waals surface area contributed by atoms with E-state index in [9.17, 15) is 9.90 Å². The number of piperidine rings is 1. The predicted octanol–water partition coefficient (Wildman–Crippen LogP) is 1.93. The second-order valence-corrected chi connectivity index (χ2v) is 6.36. The highest BCUT2D eigenvalue weighted by Gasteiger charge is 2.24. The molecule has 0 spiro atoms. The fraction of sp³-hybridized carbons (Fsp3) is 0.533. The number of rotatable bonds is 6. The van der Waals surface area contributed by atoms with Gasteiger partial charge < -0.3 is 20.5 Å². The van der Waals surface area contributed by atoms with Gasteiger partial charge in [0.2, 0.25) is 5.91 Å². The number of likely N-dealkylation sites (tertiary alicyclic amines) is 1. The number of benzene rings is 1. The van der Waals surface area contributed by atoms with Crippen molar-refractivity contribution in [2.45, 2.75) is 18.9 Å². The van der Waals surface area contributed by atoms with Crippen LogP contribution in [0.3, 0.4) is 0 Å². The standard InChI is InChI=1S/C15H20Cl2N2O3/c16-11-1-2-13(17)14(7-11)22-9-12(20)8-19-5-3-10(4-6-19)15(18)21/h1-2,7,10,12,20H,3-6,8-9H2,(H2,18,21)/t12-/m0/s1. The molecule has 5 nitrogen and oxygen atoms in total. The number of amides is 1. The molecule has 1 saturated heterocycles. The largest absolute Gasteiger partial charge is 0.489 e. The lowest BCUT2D eigenvalue weighted by Crippen LogP contribution is -2.43. The molecule has 3 N–H and O–H groups in total. The molecule has 1 aromatic rings. The van der Waals surface area contributed by atoms with Gasteiger partial charge in [-0.25, -0.2) is 0 Å². The molecular weight excluding hydrogens is 327 g/mol. The van der Waals surface area contributed by atoms with Crippen molar-refractivity contribution < 1.29 is 14.6 Å². The summed E-state index contributed by atoms with van der Waals surface area (Å²) in [6.07, 6.45) is 0.840. The number of aliphatic hydroxyl groups is 1. The van der Waals surface area contributed by atoms with Crippen LogP contribution >= 0.6 is 23.2 Å². The summed E-state index contributed by atoms with van der Waals surface area (Å²) in [7, 11) is 0. The van der Waals surface area contributed by atoms with E-state index in [1.54, 1.807) is 18.2 Å². The van der Waals surface area contributed by atoms with Crippen molar-refractivity contribution in [2.24, 2.45) is 11.7 Å². The Morgan fingerprint density at radius 3 is 2.73 bits per heavy atom. The van der Waals surface area contributed by atoms with E-state index in [1.165, 1.54) is 0 Å². The Kier molecular flexibility index (Phi) is 6.32. The van der Waals surface area contributed by atoms with Crippen LogP contribution in [-0.4, -0.2) is 48.3 Å². The first-order valence-corrected chi connectivity index (χ1v) is 7.99. The summed E-state index contributed by atoms with van der Waals surface area (Å²) >= 11 is 11.9. The number of ether oxygens (including phenoxy) is 1. The quantitative estimate of drug-likeness (QED) is 0.825. The van der Waals surface area contributed by atoms with Crippen LogP contribution in [0, 0.1) is 5.92 Å². The minimum atomic E-state index is -0.639. The van der Waals surface area contributed by atoms with E-state index in [0.29, 0.717) is 22.3 Å². The fourth-order valence-corrected chi connectivity index (χ4v) is 2.86. The van der Waals surface area contributed by atoms with E-state index in [4.69, 9.17) is 33.7 Å². The predicted molar refractivity (Wildman–Crippen MR) is 86.3 cm³/mol. The number of nitrogens with zero attached hydrogens (tertiary/aromatic N) is 1. The lowest BCUT2D eigenvalue weighted by atomic mass is 9.96. The van der Waals surface area contributed by atoms with E-state index in [2.05, 4.69) is 4.90 Å². The Balaban J connectivity index is 1.75. The van der Waals surface area contributed by atoms with Crippen molar-refractivity contribution in [1.82, 2.24) is 4.90 Å². The maximum atomic E-state index is 11.1. The molecule has 1 aliphatic rings. The summed E-state index contributed by atoms with van der Waals surface area (Å²) in [6, 6.07) is 4.95. The molecule has 1 heterocycles. The number of β-amino-alcohol motifs (C(OH)–C–C–N with tert-alkyl or cyclic N) is 1. The average Bonchev–Trinajstić information content (AvgIpc) is 2.49. The first-order chi connectivity index (χ1) is 10.5. The normalized spacial score (nSPS) is 18.1. The Hall–Kier alpha value is -1.01. The second-order valence-electron chi connectivity index (χ2n) is 5.52. The maximum absolute atomic E-state index is 11.1. The van der Waals surface area contributed by atoms with Gasteiger partial charge in [-0.05, 0) is 38.1 Å². The van der Waals surface area contributed by atoms with Crippen molar-refractivity contribution in [3.05, 3.63) is 28.2 Å². The average molecular weight is 347 g/mol. The zero-order chi connectivity index (χ0) is 16.1. The second kappa shape index (κ2) is 8.02. The van der Waals surface area contributed by atoms with Crippen LogP contribution in [0.4, 0.5) is 0 Å². The summed E-state index contributed by atoms with van der Waals surface area (Å²) in [5.41, 5.74) is 5.30. The van der Waals surface area contributed by atoms with E-state index in [0.717, 1.165) is 25.9 Å². The number of hydrogen-bond donors (Lipinski definition) is 2. The molecule has 1 amide bonds. The van der Waals surface area contributed by atoms with Gasteiger partial charge in [0.25, 0.3) is 0 Å². The number of halogens is 2. The minimum absolute atomic E-state index is 0.0464. The lowest BCUT2D eigenvalue weighted by molar-refractivity contribution is -0.123. The molecule has 1 aromatic carbocycles. The molecule has 2 rings (SSSR count). The molecule has 0 aliphatic carbocycles. The summed E-state index contributed by atoms with van der Waals surface area (Å²) in [5, 5.41) is 11.1. The van der Waals surface area contributed by atoms with Crippen LogP contribution in [0.1, 0.15) is 12.8 Å². The van der Waals surface area contributed by atoms with E-state index in [-0.39, 0.29) is 18.4 Å². The van der Waals surface area contributed by atoms with Gasteiger partial charge >= 0.3 is 0 Å². The van der Waals surface area contributed by atoms with Gasteiger partial charge in [0, 0.05) is 23.6 Å². The number of carbonyl (C=O) groups is 1. The minimum Gasteiger partial charge on any atom is -0.489 e. The summed E-state index contributed by atoms with van der Waals surface area (Å²) in [6.45, 7) is 2.13. The number of nitrogens with two attached hydrogens (primary N) is 1. The Morgan fingerprint density at radius 1 is 1.41 bits per heavy atom. The number of carbonyl (C=O) groups excluding carboxylic acids is 1. The summed E-state index contributed by atoms with van der Waals surface area (Å²) < 4.78 is 5.51. The molecule has 0 radical (unpaired) electrons. The van der Waals surface area contributed by atoms with Gasteiger partial charge in [-0.3, -0.25) is 4.79 Å².